The van der Waals surface area contributed by atoms with Crippen LogP contribution in [0, 0.1) is 5.82 Å². The lowest BCUT2D eigenvalue weighted by atomic mass is 9.82. The van der Waals surface area contributed by atoms with Crippen LogP contribution in [-0.4, -0.2) is 15.7 Å². The van der Waals surface area contributed by atoms with Crippen molar-refractivity contribution in [1.82, 2.24) is 4.98 Å². The number of fused-ring (bicyclic) bond motifs is 1. The van der Waals surface area contributed by atoms with Crippen LogP contribution in [0.25, 0.3) is 0 Å². The molecule has 0 saturated carbocycles. The number of rotatable bonds is 3. The minimum atomic E-state index is -0.864. The molecule has 3 heteroatoms. The van der Waals surface area contributed by atoms with Crippen molar-refractivity contribution in [2.24, 2.45) is 0 Å². The Morgan fingerprint density at radius 1 is 1.30 bits per heavy atom. The zero-order chi connectivity index (χ0) is 14.2. The number of hydrogen-bond donors (Lipinski definition) is 1. The van der Waals surface area contributed by atoms with Gasteiger partial charge in [0.2, 0.25) is 0 Å². The van der Waals surface area contributed by atoms with Crippen molar-refractivity contribution < 1.29 is 9.50 Å². The summed E-state index contributed by atoms with van der Waals surface area (Å²) in [5.41, 5.74) is 2.33. The molecule has 0 aliphatic heterocycles. The van der Waals surface area contributed by atoms with Crippen molar-refractivity contribution in [2.45, 2.75) is 37.7 Å². The number of aromatic nitrogens is 1. The summed E-state index contributed by atoms with van der Waals surface area (Å²) >= 11 is 0. The van der Waals surface area contributed by atoms with E-state index < -0.39 is 5.60 Å². The summed E-state index contributed by atoms with van der Waals surface area (Å²) in [5, 5.41) is 10.8. The Kier molecular flexibility index (Phi) is 3.30. The summed E-state index contributed by atoms with van der Waals surface area (Å²) in [7, 11) is 0. The van der Waals surface area contributed by atoms with Gasteiger partial charge in [-0.1, -0.05) is 18.2 Å². The second-order valence-electron chi connectivity index (χ2n) is 5.80. The molecule has 1 aliphatic rings. The molecule has 20 heavy (non-hydrogen) atoms. The van der Waals surface area contributed by atoms with Gasteiger partial charge < -0.3 is 5.11 Å². The SMILES string of the molecule is CC(O)(Cc1ccc(F)cc1)C1CCc2cccnc21. The van der Waals surface area contributed by atoms with Gasteiger partial charge in [0, 0.05) is 24.2 Å². The molecule has 0 fully saturated rings. The highest BCUT2D eigenvalue weighted by Crippen LogP contribution is 2.40. The molecule has 2 atom stereocenters. The molecule has 2 nitrogen and oxygen atoms in total. The molecule has 2 aromatic rings. The second kappa shape index (κ2) is 4.98. The predicted octanol–water partition coefficient (Wildman–Crippen LogP) is 3.24. The van der Waals surface area contributed by atoms with Crippen LogP contribution in [0.4, 0.5) is 4.39 Å². The van der Waals surface area contributed by atoms with Crippen LogP contribution in [0.3, 0.4) is 0 Å². The maximum Gasteiger partial charge on any atom is 0.123 e. The summed E-state index contributed by atoms with van der Waals surface area (Å²) < 4.78 is 12.9. The molecule has 104 valence electrons. The Bertz CT molecular complexity index is 607. The maximum absolute atomic E-state index is 12.9. The summed E-state index contributed by atoms with van der Waals surface area (Å²) in [5.74, 6) is -0.204. The maximum atomic E-state index is 12.9. The van der Waals surface area contributed by atoms with Gasteiger partial charge in [-0.15, -0.1) is 0 Å². The fourth-order valence-corrected chi connectivity index (χ4v) is 3.16. The predicted molar refractivity (Wildman–Crippen MR) is 76.0 cm³/mol. The van der Waals surface area contributed by atoms with E-state index in [1.807, 2.05) is 13.0 Å². The number of halogens is 1. The van der Waals surface area contributed by atoms with Crippen LogP contribution in [0.15, 0.2) is 42.6 Å². The van der Waals surface area contributed by atoms with Gasteiger partial charge in [0.25, 0.3) is 0 Å². The summed E-state index contributed by atoms with van der Waals surface area (Å²) in [6.07, 6.45) is 4.17. The lowest BCUT2D eigenvalue weighted by Gasteiger charge is -2.30. The van der Waals surface area contributed by atoms with Gasteiger partial charge in [0.05, 0.1) is 5.60 Å². The Hall–Kier alpha value is -1.74. The third kappa shape index (κ3) is 2.46. The second-order valence-corrected chi connectivity index (χ2v) is 5.80. The number of hydrogen-bond acceptors (Lipinski definition) is 2. The van der Waals surface area contributed by atoms with Gasteiger partial charge in [-0.2, -0.15) is 0 Å². The lowest BCUT2D eigenvalue weighted by Crippen LogP contribution is -2.34. The average molecular weight is 271 g/mol. The van der Waals surface area contributed by atoms with E-state index in [-0.39, 0.29) is 11.7 Å². The Balaban J connectivity index is 1.84. The Morgan fingerprint density at radius 3 is 2.80 bits per heavy atom. The van der Waals surface area contributed by atoms with Crippen LogP contribution in [0.1, 0.15) is 36.1 Å². The summed E-state index contributed by atoms with van der Waals surface area (Å²) in [4.78, 5) is 4.44. The molecule has 1 heterocycles. The normalized spacial score (nSPS) is 20.4. The zero-order valence-corrected chi connectivity index (χ0v) is 11.5. The summed E-state index contributed by atoms with van der Waals surface area (Å²) in [6.45, 7) is 1.85. The van der Waals surface area contributed by atoms with E-state index in [0.717, 1.165) is 24.1 Å². The Morgan fingerprint density at radius 2 is 2.05 bits per heavy atom. The van der Waals surface area contributed by atoms with Gasteiger partial charge in [0.1, 0.15) is 5.82 Å². The molecule has 1 N–H and O–H groups in total. The van der Waals surface area contributed by atoms with E-state index in [1.165, 1.54) is 17.7 Å². The highest BCUT2D eigenvalue weighted by atomic mass is 19.1. The van der Waals surface area contributed by atoms with Crippen molar-refractivity contribution in [3.05, 3.63) is 65.2 Å². The number of benzene rings is 1. The average Bonchev–Trinajstić information content (AvgIpc) is 2.86. The fourth-order valence-electron chi connectivity index (χ4n) is 3.16. The third-order valence-electron chi connectivity index (χ3n) is 4.18. The van der Waals surface area contributed by atoms with Gasteiger partial charge in [-0.05, 0) is 49.1 Å². The monoisotopic (exact) mass is 271 g/mol. The highest BCUT2D eigenvalue weighted by molar-refractivity contribution is 5.32. The van der Waals surface area contributed by atoms with Crippen molar-refractivity contribution in [2.75, 3.05) is 0 Å². The van der Waals surface area contributed by atoms with E-state index in [1.54, 1.807) is 18.3 Å². The molecule has 0 amide bonds. The van der Waals surface area contributed by atoms with E-state index in [4.69, 9.17) is 0 Å². The van der Waals surface area contributed by atoms with Crippen LogP contribution in [0.2, 0.25) is 0 Å². The van der Waals surface area contributed by atoms with Crippen LogP contribution in [-0.2, 0) is 12.8 Å². The van der Waals surface area contributed by atoms with Crippen LogP contribution in [0.5, 0.6) is 0 Å². The minimum Gasteiger partial charge on any atom is -0.389 e. The van der Waals surface area contributed by atoms with Crippen molar-refractivity contribution in [3.8, 4) is 0 Å². The first kappa shape index (κ1) is 13.3. The minimum absolute atomic E-state index is 0.0451. The number of pyridine rings is 1. The van der Waals surface area contributed by atoms with Gasteiger partial charge in [-0.3, -0.25) is 4.98 Å². The Labute approximate surface area is 118 Å². The molecule has 1 aromatic heterocycles. The molecule has 3 rings (SSSR count). The largest absolute Gasteiger partial charge is 0.389 e. The number of aryl methyl sites for hydroxylation is 1. The van der Waals surface area contributed by atoms with Gasteiger partial charge in [-0.25, -0.2) is 4.39 Å². The molecule has 0 bridgehead atoms. The lowest BCUT2D eigenvalue weighted by molar-refractivity contribution is 0.0299. The highest BCUT2D eigenvalue weighted by Gasteiger charge is 2.38. The van der Waals surface area contributed by atoms with E-state index >= 15 is 0 Å². The smallest absolute Gasteiger partial charge is 0.123 e. The first-order chi connectivity index (χ1) is 9.56. The van der Waals surface area contributed by atoms with E-state index in [2.05, 4.69) is 11.1 Å². The standard InChI is InChI=1S/C17H18FNO/c1-17(20,11-12-4-7-14(18)8-5-12)15-9-6-13-3-2-10-19-16(13)15/h2-5,7-8,10,15,20H,6,9,11H2,1H3. The molecule has 0 spiro atoms. The third-order valence-corrected chi connectivity index (χ3v) is 4.18. The fraction of sp³-hybridized carbons (Fsp3) is 0.353. The molecule has 1 aromatic carbocycles. The van der Waals surface area contributed by atoms with Crippen molar-refractivity contribution in [1.29, 1.82) is 0 Å². The topological polar surface area (TPSA) is 33.1 Å². The molecular formula is C17H18FNO. The van der Waals surface area contributed by atoms with Crippen molar-refractivity contribution >= 4 is 0 Å². The number of nitrogens with zero attached hydrogens (tertiary/aromatic N) is 1. The number of aliphatic hydroxyl groups is 1. The van der Waals surface area contributed by atoms with Crippen molar-refractivity contribution in [3.63, 3.8) is 0 Å². The first-order valence-electron chi connectivity index (χ1n) is 6.97. The van der Waals surface area contributed by atoms with Crippen LogP contribution >= 0.6 is 0 Å². The molecule has 0 saturated heterocycles. The molecular weight excluding hydrogens is 253 g/mol. The van der Waals surface area contributed by atoms with Crippen LogP contribution < -0.4 is 0 Å². The quantitative estimate of drug-likeness (QED) is 0.929. The molecule has 0 radical (unpaired) electrons. The van der Waals surface area contributed by atoms with E-state index in [9.17, 15) is 9.50 Å². The van der Waals surface area contributed by atoms with E-state index in [0.29, 0.717) is 6.42 Å². The first-order valence-corrected chi connectivity index (χ1v) is 6.97. The summed E-state index contributed by atoms with van der Waals surface area (Å²) in [6, 6.07) is 10.4. The van der Waals surface area contributed by atoms with Gasteiger partial charge in [0.15, 0.2) is 0 Å². The molecule has 1 aliphatic carbocycles. The zero-order valence-electron chi connectivity index (χ0n) is 11.5. The molecule has 2 unspecified atom stereocenters. The van der Waals surface area contributed by atoms with Gasteiger partial charge >= 0.3 is 0 Å².